The Bertz CT molecular complexity index is 873. The van der Waals surface area contributed by atoms with Crippen molar-refractivity contribution in [1.29, 1.82) is 0 Å². The zero-order valence-corrected chi connectivity index (χ0v) is 15.7. The number of carbonyl (C=O) groups excluding carboxylic acids is 2. The molecule has 0 unspecified atom stereocenters. The highest BCUT2D eigenvalue weighted by Gasteiger charge is 2.51. The van der Waals surface area contributed by atoms with Crippen LogP contribution in [-0.2, 0) is 17.8 Å². The third-order valence-electron chi connectivity index (χ3n) is 5.55. The van der Waals surface area contributed by atoms with Crippen LogP contribution in [0, 0.1) is 0 Å². The molecule has 2 aliphatic rings. The average molecular weight is 364 g/mol. The molecule has 27 heavy (non-hydrogen) atoms. The zero-order valence-electron chi connectivity index (χ0n) is 15.7. The van der Waals surface area contributed by atoms with Gasteiger partial charge in [-0.05, 0) is 49.1 Å². The van der Waals surface area contributed by atoms with Gasteiger partial charge in [-0.15, -0.1) is 0 Å². The van der Waals surface area contributed by atoms with Crippen LogP contribution in [0.1, 0.15) is 41.3 Å². The Morgan fingerprint density at radius 2 is 1.89 bits per heavy atom. The normalized spacial score (nSPS) is 21.6. The van der Waals surface area contributed by atoms with Gasteiger partial charge in [0.15, 0.2) is 0 Å². The van der Waals surface area contributed by atoms with Crippen molar-refractivity contribution >= 4 is 11.8 Å². The standard InChI is InChI=1S/C22H24N2O3/c1-22(21(26)23-14-15-7-11-18(27-2)12-8-15)13-16-5-3-4-6-19(16)20(25)24(22)17-9-10-17/h3-8,11-12,17H,9-10,13-14H2,1-2H3,(H,23,26)/t22-/m1/s1. The third kappa shape index (κ3) is 3.18. The first-order valence-corrected chi connectivity index (χ1v) is 9.36. The summed E-state index contributed by atoms with van der Waals surface area (Å²) in [6.45, 7) is 2.31. The van der Waals surface area contributed by atoms with E-state index in [9.17, 15) is 9.59 Å². The Morgan fingerprint density at radius 1 is 1.19 bits per heavy atom. The highest BCUT2D eigenvalue weighted by atomic mass is 16.5. The number of amides is 2. The Labute approximate surface area is 159 Å². The van der Waals surface area contributed by atoms with Crippen LogP contribution in [0.5, 0.6) is 5.75 Å². The van der Waals surface area contributed by atoms with E-state index in [0.717, 1.165) is 35.3 Å². The lowest BCUT2D eigenvalue weighted by Gasteiger charge is -2.44. The van der Waals surface area contributed by atoms with Crippen LogP contribution in [0.2, 0.25) is 0 Å². The monoisotopic (exact) mass is 364 g/mol. The summed E-state index contributed by atoms with van der Waals surface area (Å²) in [5.74, 6) is 0.654. The molecule has 1 aliphatic heterocycles. The number of rotatable bonds is 5. The summed E-state index contributed by atoms with van der Waals surface area (Å²) >= 11 is 0. The largest absolute Gasteiger partial charge is 0.497 e. The lowest BCUT2D eigenvalue weighted by atomic mass is 9.82. The number of hydrogen-bond acceptors (Lipinski definition) is 3. The minimum absolute atomic E-state index is 0.0264. The third-order valence-corrected chi connectivity index (χ3v) is 5.55. The molecule has 1 atom stereocenters. The number of nitrogens with zero attached hydrogens (tertiary/aromatic N) is 1. The molecule has 2 amide bonds. The molecular weight excluding hydrogens is 340 g/mol. The predicted molar refractivity (Wildman–Crippen MR) is 103 cm³/mol. The summed E-state index contributed by atoms with van der Waals surface area (Å²) in [4.78, 5) is 28.1. The van der Waals surface area contributed by atoms with E-state index in [4.69, 9.17) is 4.74 Å². The van der Waals surface area contributed by atoms with Crippen LogP contribution in [0.4, 0.5) is 0 Å². The second kappa shape index (κ2) is 6.72. The summed E-state index contributed by atoms with van der Waals surface area (Å²) in [5, 5.41) is 3.04. The highest BCUT2D eigenvalue weighted by Crippen LogP contribution is 2.40. The maximum Gasteiger partial charge on any atom is 0.255 e. The Balaban J connectivity index is 1.56. The first-order valence-electron chi connectivity index (χ1n) is 9.36. The molecule has 0 spiro atoms. The molecule has 2 aromatic rings. The lowest BCUT2D eigenvalue weighted by molar-refractivity contribution is -0.132. The van der Waals surface area contributed by atoms with E-state index in [1.54, 1.807) is 7.11 Å². The molecular formula is C22H24N2O3. The Morgan fingerprint density at radius 3 is 2.56 bits per heavy atom. The molecule has 2 aromatic carbocycles. The van der Waals surface area contributed by atoms with Gasteiger partial charge in [-0.2, -0.15) is 0 Å². The molecule has 140 valence electrons. The molecule has 0 aromatic heterocycles. The van der Waals surface area contributed by atoms with Gasteiger partial charge in [-0.25, -0.2) is 0 Å². The minimum atomic E-state index is -0.862. The molecule has 1 heterocycles. The summed E-state index contributed by atoms with van der Waals surface area (Å²) in [5.41, 5.74) is 1.80. The summed E-state index contributed by atoms with van der Waals surface area (Å²) in [6, 6.07) is 15.4. The second-order valence-electron chi connectivity index (χ2n) is 7.54. The molecule has 1 saturated carbocycles. The van der Waals surface area contributed by atoms with E-state index >= 15 is 0 Å². The molecule has 0 saturated heterocycles. The van der Waals surface area contributed by atoms with Crippen molar-refractivity contribution in [2.75, 3.05) is 7.11 Å². The van der Waals surface area contributed by atoms with Crippen LogP contribution in [0.3, 0.4) is 0 Å². The van der Waals surface area contributed by atoms with Gasteiger partial charge in [0, 0.05) is 24.6 Å². The highest BCUT2D eigenvalue weighted by molar-refractivity contribution is 6.02. The molecule has 0 radical (unpaired) electrons. The fourth-order valence-electron chi connectivity index (χ4n) is 3.90. The lowest BCUT2D eigenvalue weighted by Crippen LogP contribution is -2.63. The van der Waals surface area contributed by atoms with Gasteiger partial charge in [0.25, 0.3) is 5.91 Å². The van der Waals surface area contributed by atoms with Gasteiger partial charge in [0.1, 0.15) is 11.3 Å². The Kier molecular flexibility index (Phi) is 4.38. The number of hydrogen-bond donors (Lipinski definition) is 1. The fourth-order valence-corrected chi connectivity index (χ4v) is 3.90. The molecule has 1 fully saturated rings. The van der Waals surface area contributed by atoms with Gasteiger partial charge < -0.3 is 15.0 Å². The van der Waals surface area contributed by atoms with Crippen LogP contribution in [0.15, 0.2) is 48.5 Å². The van der Waals surface area contributed by atoms with Crippen LogP contribution in [0.25, 0.3) is 0 Å². The van der Waals surface area contributed by atoms with Crippen LogP contribution >= 0.6 is 0 Å². The second-order valence-corrected chi connectivity index (χ2v) is 7.54. The number of ether oxygens (including phenoxy) is 1. The molecule has 5 heteroatoms. The van der Waals surface area contributed by atoms with Crippen LogP contribution < -0.4 is 10.1 Å². The average Bonchev–Trinajstić information content (AvgIpc) is 3.51. The van der Waals surface area contributed by atoms with Crippen LogP contribution in [-0.4, -0.2) is 35.4 Å². The van der Waals surface area contributed by atoms with Crippen molar-refractivity contribution < 1.29 is 14.3 Å². The minimum Gasteiger partial charge on any atom is -0.497 e. The van der Waals surface area contributed by atoms with Crippen molar-refractivity contribution in [1.82, 2.24) is 10.2 Å². The maximum atomic E-state index is 13.2. The molecule has 0 bridgehead atoms. The Hall–Kier alpha value is -2.82. The molecule has 1 N–H and O–H groups in total. The smallest absolute Gasteiger partial charge is 0.255 e. The van der Waals surface area contributed by atoms with Crippen molar-refractivity contribution in [2.45, 2.75) is 44.3 Å². The topological polar surface area (TPSA) is 58.6 Å². The predicted octanol–water partition coefficient (Wildman–Crippen LogP) is 2.93. The van der Waals surface area contributed by atoms with Crippen molar-refractivity contribution in [3.63, 3.8) is 0 Å². The number of fused-ring (bicyclic) bond motifs is 1. The van der Waals surface area contributed by atoms with Crippen molar-refractivity contribution in [3.8, 4) is 5.75 Å². The van der Waals surface area contributed by atoms with E-state index < -0.39 is 5.54 Å². The van der Waals surface area contributed by atoms with Gasteiger partial charge in [-0.1, -0.05) is 30.3 Å². The summed E-state index contributed by atoms with van der Waals surface area (Å²) < 4.78 is 5.17. The van der Waals surface area contributed by atoms with E-state index in [1.165, 1.54) is 0 Å². The first-order chi connectivity index (χ1) is 13.0. The van der Waals surface area contributed by atoms with Gasteiger partial charge in [0.2, 0.25) is 5.91 Å². The number of benzene rings is 2. The molecule has 5 nitrogen and oxygen atoms in total. The first kappa shape index (κ1) is 17.6. The van der Waals surface area contributed by atoms with Gasteiger partial charge in [0.05, 0.1) is 7.11 Å². The zero-order chi connectivity index (χ0) is 19.0. The maximum absolute atomic E-state index is 13.2. The van der Waals surface area contributed by atoms with Crippen molar-refractivity contribution in [3.05, 3.63) is 65.2 Å². The molecule has 4 rings (SSSR count). The van der Waals surface area contributed by atoms with E-state index in [1.807, 2.05) is 60.4 Å². The van der Waals surface area contributed by atoms with Crippen molar-refractivity contribution in [2.24, 2.45) is 0 Å². The van der Waals surface area contributed by atoms with E-state index in [0.29, 0.717) is 13.0 Å². The summed E-state index contributed by atoms with van der Waals surface area (Å²) in [7, 11) is 1.63. The van der Waals surface area contributed by atoms with E-state index in [-0.39, 0.29) is 17.9 Å². The van der Waals surface area contributed by atoms with Gasteiger partial charge >= 0.3 is 0 Å². The fraction of sp³-hybridized carbons (Fsp3) is 0.364. The number of nitrogens with one attached hydrogen (secondary N) is 1. The quantitative estimate of drug-likeness (QED) is 0.887. The van der Waals surface area contributed by atoms with Gasteiger partial charge in [-0.3, -0.25) is 9.59 Å². The molecule has 1 aliphatic carbocycles. The summed E-state index contributed by atoms with van der Waals surface area (Å²) in [6.07, 6.45) is 2.48. The van der Waals surface area contributed by atoms with E-state index in [2.05, 4.69) is 5.32 Å². The SMILES string of the molecule is COc1ccc(CNC(=O)[C@@]2(C)Cc3ccccc3C(=O)N2C2CC2)cc1. The number of methoxy groups -OCH3 is 1. The number of carbonyl (C=O) groups is 2.